The molecule has 86 valence electrons. The maximum absolute atomic E-state index is 10.9. The van der Waals surface area contributed by atoms with Gasteiger partial charge < -0.3 is 10.2 Å². The predicted molar refractivity (Wildman–Crippen MR) is 51.4 cm³/mol. The maximum Gasteiger partial charge on any atom is 0.268 e. The van der Waals surface area contributed by atoms with Crippen molar-refractivity contribution in [3.63, 3.8) is 0 Å². The molecule has 0 atom stereocenters. The lowest BCUT2D eigenvalue weighted by molar-refractivity contribution is 0.166. The van der Waals surface area contributed by atoms with Gasteiger partial charge in [0.1, 0.15) is 0 Å². The zero-order valence-electron chi connectivity index (χ0n) is 8.22. The Morgan fingerprint density at radius 1 is 1.14 bits per heavy atom. The van der Waals surface area contributed by atoms with E-state index >= 15 is 0 Å². The average molecular weight is 227 g/mol. The number of rotatable bonds is 8. The second kappa shape index (κ2) is 7.13. The summed E-state index contributed by atoms with van der Waals surface area (Å²) in [6.45, 7) is 0.816. The van der Waals surface area contributed by atoms with Crippen LogP contribution in [0.15, 0.2) is 0 Å². The minimum absolute atomic E-state index is 0.0625. The first-order chi connectivity index (χ1) is 6.55. The monoisotopic (exact) mass is 227 g/mol. The molecule has 0 aromatic rings. The van der Waals surface area contributed by atoms with Gasteiger partial charge in [-0.25, -0.2) is 0 Å². The van der Waals surface area contributed by atoms with Crippen LogP contribution in [0, 0.1) is 0 Å². The fourth-order valence-corrected chi connectivity index (χ4v) is 1.59. The molecule has 0 aliphatic heterocycles. The molecule has 0 bridgehead atoms. The Morgan fingerprint density at radius 2 is 1.64 bits per heavy atom. The van der Waals surface area contributed by atoms with Gasteiger partial charge in [0.05, 0.1) is 26.1 Å². The van der Waals surface area contributed by atoms with Gasteiger partial charge in [0.25, 0.3) is 10.1 Å². The molecule has 0 aliphatic rings. The van der Waals surface area contributed by atoms with Gasteiger partial charge in [-0.2, -0.15) is 8.42 Å². The van der Waals surface area contributed by atoms with E-state index in [0.717, 1.165) is 7.11 Å². The van der Waals surface area contributed by atoms with Crippen LogP contribution in [0.2, 0.25) is 0 Å². The van der Waals surface area contributed by atoms with Gasteiger partial charge in [0.15, 0.2) is 0 Å². The minimum atomic E-state index is -3.46. The molecule has 6 nitrogen and oxygen atoms in total. The molecule has 0 fully saturated rings. The highest BCUT2D eigenvalue weighted by molar-refractivity contribution is 7.86. The van der Waals surface area contributed by atoms with Crippen molar-refractivity contribution in [1.29, 1.82) is 0 Å². The lowest BCUT2D eigenvalue weighted by Crippen LogP contribution is -2.34. The Morgan fingerprint density at radius 3 is 2.00 bits per heavy atom. The molecule has 0 amide bonds. The molecule has 14 heavy (non-hydrogen) atoms. The molecule has 0 radical (unpaired) electrons. The highest BCUT2D eigenvalue weighted by atomic mass is 32.2. The first kappa shape index (κ1) is 13.8. The van der Waals surface area contributed by atoms with Gasteiger partial charge in [-0.1, -0.05) is 0 Å². The van der Waals surface area contributed by atoms with Crippen molar-refractivity contribution < 1.29 is 22.8 Å². The Labute approximate surface area is 84.2 Å². The zero-order chi connectivity index (χ0) is 11.0. The number of hydrogen-bond donors (Lipinski definition) is 2. The van der Waals surface area contributed by atoms with Crippen LogP contribution in [-0.2, 0) is 14.3 Å². The van der Waals surface area contributed by atoms with Crippen molar-refractivity contribution in [3.8, 4) is 0 Å². The summed E-state index contributed by atoms with van der Waals surface area (Å²) in [6.07, 6.45) is 0. The van der Waals surface area contributed by atoms with E-state index in [1.165, 1.54) is 0 Å². The molecule has 0 saturated heterocycles. The Hall–Kier alpha value is -0.210. The van der Waals surface area contributed by atoms with E-state index in [-0.39, 0.29) is 25.5 Å². The third-order valence-electron chi connectivity index (χ3n) is 1.74. The van der Waals surface area contributed by atoms with Crippen LogP contribution in [0.1, 0.15) is 0 Å². The summed E-state index contributed by atoms with van der Waals surface area (Å²) in [5, 5.41) is 17.3. The number of nitrogens with zero attached hydrogens (tertiary/aromatic N) is 1. The Bertz CT molecular complexity index is 222. The third-order valence-corrected chi connectivity index (χ3v) is 2.93. The fraction of sp³-hybridized carbons (Fsp3) is 1.00. The van der Waals surface area contributed by atoms with Gasteiger partial charge in [-0.05, 0) is 0 Å². The summed E-state index contributed by atoms with van der Waals surface area (Å²) < 4.78 is 26.1. The molecule has 0 aliphatic carbocycles. The topological polar surface area (TPSA) is 87.1 Å². The second-order valence-corrected chi connectivity index (χ2v) is 4.57. The van der Waals surface area contributed by atoms with E-state index in [9.17, 15) is 8.42 Å². The highest BCUT2D eigenvalue weighted by Gasteiger charge is 2.11. The lowest BCUT2D eigenvalue weighted by atomic mass is 10.5. The van der Waals surface area contributed by atoms with Crippen LogP contribution in [0.25, 0.3) is 0 Å². The molecule has 2 N–H and O–H groups in total. The van der Waals surface area contributed by atoms with Crippen LogP contribution in [-0.4, -0.2) is 69.2 Å². The van der Waals surface area contributed by atoms with Crippen molar-refractivity contribution in [2.24, 2.45) is 0 Å². The SMILES string of the molecule is COS(=O)(=O)CCN(CCO)CCO. The number of hydrogen-bond acceptors (Lipinski definition) is 6. The largest absolute Gasteiger partial charge is 0.395 e. The summed E-state index contributed by atoms with van der Waals surface area (Å²) in [4.78, 5) is 1.65. The maximum atomic E-state index is 10.9. The molecule has 0 rings (SSSR count). The third kappa shape index (κ3) is 6.28. The fourth-order valence-electron chi connectivity index (χ4n) is 0.942. The van der Waals surface area contributed by atoms with E-state index in [1.807, 2.05) is 0 Å². The Kier molecular flexibility index (Phi) is 7.02. The highest BCUT2D eigenvalue weighted by Crippen LogP contribution is 1.94. The first-order valence-electron chi connectivity index (χ1n) is 4.28. The van der Waals surface area contributed by atoms with E-state index in [1.54, 1.807) is 4.90 Å². The number of aliphatic hydroxyl groups excluding tert-OH is 2. The first-order valence-corrected chi connectivity index (χ1v) is 5.86. The quantitative estimate of drug-likeness (QED) is 0.478. The van der Waals surface area contributed by atoms with Gasteiger partial charge in [0.2, 0.25) is 0 Å². The van der Waals surface area contributed by atoms with Crippen LogP contribution >= 0.6 is 0 Å². The van der Waals surface area contributed by atoms with Crippen LogP contribution in [0.3, 0.4) is 0 Å². The van der Waals surface area contributed by atoms with E-state index in [0.29, 0.717) is 13.1 Å². The molecule has 0 aromatic carbocycles. The molecule has 0 heterocycles. The van der Waals surface area contributed by atoms with Crippen molar-refractivity contribution in [2.75, 3.05) is 45.7 Å². The number of aliphatic hydroxyl groups is 2. The molecular formula is C7H17NO5S. The van der Waals surface area contributed by atoms with Crippen molar-refractivity contribution in [3.05, 3.63) is 0 Å². The molecule has 0 unspecified atom stereocenters. The van der Waals surface area contributed by atoms with E-state index in [4.69, 9.17) is 10.2 Å². The summed E-state index contributed by atoms with van der Waals surface area (Å²) in [7, 11) is -2.35. The molecule has 0 spiro atoms. The van der Waals surface area contributed by atoms with Crippen LogP contribution in [0.4, 0.5) is 0 Å². The lowest BCUT2D eigenvalue weighted by Gasteiger charge is -2.19. The summed E-state index contributed by atoms with van der Waals surface area (Å²) in [5.74, 6) is -0.135. The summed E-state index contributed by atoms with van der Waals surface area (Å²) in [6, 6.07) is 0. The van der Waals surface area contributed by atoms with Gasteiger partial charge in [0, 0.05) is 19.6 Å². The molecule has 7 heteroatoms. The molecular weight excluding hydrogens is 210 g/mol. The standard InChI is InChI=1S/C7H17NO5S/c1-13-14(11,12)7-4-8(2-5-9)3-6-10/h9-10H,2-7H2,1H3. The van der Waals surface area contributed by atoms with E-state index < -0.39 is 10.1 Å². The second-order valence-electron chi connectivity index (χ2n) is 2.72. The zero-order valence-corrected chi connectivity index (χ0v) is 9.03. The minimum Gasteiger partial charge on any atom is -0.395 e. The normalized spacial score (nSPS) is 12.3. The van der Waals surface area contributed by atoms with Gasteiger partial charge in [-0.15, -0.1) is 0 Å². The average Bonchev–Trinajstić information content (AvgIpc) is 2.15. The van der Waals surface area contributed by atoms with Gasteiger partial charge >= 0.3 is 0 Å². The Balaban J connectivity index is 3.92. The molecule has 0 aromatic heterocycles. The smallest absolute Gasteiger partial charge is 0.268 e. The van der Waals surface area contributed by atoms with Crippen LogP contribution < -0.4 is 0 Å². The van der Waals surface area contributed by atoms with Crippen molar-refractivity contribution >= 4 is 10.1 Å². The van der Waals surface area contributed by atoms with E-state index in [2.05, 4.69) is 4.18 Å². The van der Waals surface area contributed by atoms with Crippen molar-refractivity contribution in [1.82, 2.24) is 4.90 Å². The molecule has 0 saturated carbocycles. The summed E-state index contributed by atoms with van der Waals surface area (Å²) in [5.41, 5.74) is 0. The summed E-state index contributed by atoms with van der Waals surface area (Å²) >= 11 is 0. The van der Waals surface area contributed by atoms with Crippen LogP contribution in [0.5, 0.6) is 0 Å². The predicted octanol–water partition coefficient (Wildman–Crippen LogP) is -1.75. The van der Waals surface area contributed by atoms with Gasteiger partial charge in [-0.3, -0.25) is 9.08 Å². The van der Waals surface area contributed by atoms with Crippen molar-refractivity contribution in [2.45, 2.75) is 0 Å².